The van der Waals surface area contributed by atoms with Crippen LogP contribution in [-0.2, 0) is 0 Å². The fraction of sp³-hybridized carbons (Fsp3) is 0.417. The largest absolute Gasteiger partial charge is 0.481 e. The van der Waals surface area contributed by atoms with Crippen LogP contribution >= 0.6 is 0 Å². The number of anilines is 1. The smallest absolute Gasteiger partial charge is 0.214 e. The van der Waals surface area contributed by atoms with E-state index < -0.39 is 0 Å². The van der Waals surface area contributed by atoms with Crippen molar-refractivity contribution >= 4 is 5.69 Å². The Morgan fingerprint density at radius 1 is 1.53 bits per heavy atom. The fourth-order valence-electron chi connectivity index (χ4n) is 1.22. The molecular weight excluding hydrogens is 188 g/mol. The van der Waals surface area contributed by atoms with Crippen molar-refractivity contribution in [2.45, 2.75) is 19.3 Å². The van der Waals surface area contributed by atoms with Gasteiger partial charge < -0.3 is 10.1 Å². The second kappa shape index (κ2) is 6.72. The van der Waals surface area contributed by atoms with E-state index >= 15 is 0 Å². The van der Waals surface area contributed by atoms with Gasteiger partial charge in [-0.1, -0.05) is 0 Å². The maximum absolute atomic E-state index is 5.16. The molecule has 0 aliphatic heterocycles. The molecule has 1 heterocycles. The summed E-state index contributed by atoms with van der Waals surface area (Å²) < 4.78 is 5.02. The second-order valence-electron chi connectivity index (χ2n) is 3.17. The third-order valence-electron chi connectivity index (χ3n) is 2.02. The Bertz CT molecular complexity index is 331. The van der Waals surface area contributed by atoms with Crippen LogP contribution in [0.25, 0.3) is 0 Å². The zero-order valence-electron chi connectivity index (χ0n) is 8.99. The summed E-state index contributed by atoms with van der Waals surface area (Å²) in [5.41, 5.74) is 1.03. The number of hydrogen-bond acceptors (Lipinski definition) is 3. The summed E-state index contributed by atoms with van der Waals surface area (Å²) >= 11 is 0. The molecule has 0 aliphatic carbocycles. The number of aromatic nitrogens is 1. The van der Waals surface area contributed by atoms with E-state index in [0.29, 0.717) is 5.88 Å². The van der Waals surface area contributed by atoms with Crippen LogP contribution in [0.1, 0.15) is 19.3 Å². The first kappa shape index (κ1) is 11.4. The highest BCUT2D eigenvalue weighted by Gasteiger charge is 1.95. The van der Waals surface area contributed by atoms with Crippen LogP contribution in [0.5, 0.6) is 5.88 Å². The first-order valence-electron chi connectivity index (χ1n) is 5.04. The third kappa shape index (κ3) is 4.37. The molecule has 0 saturated carbocycles. The molecule has 0 spiro atoms. The monoisotopic (exact) mass is 204 g/mol. The molecule has 3 nitrogen and oxygen atoms in total. The molecule has 0 saturated heterocycles. The van der Waals surface area contributed by atoms with Crippen molar-refractivity contribution in [1.82, 2.24) is 4.98 Å². The lowest BCUT2D eigenvalue weighted by atomic mass is 10.2. The topological polar surface area (TPSA) is 34.2 Å². The van der Waals surface area contributed by atoms with Gasteiger partial charge in [0.05, 0.1) is 7.11 Å². The van der Waals surface area contributed by atoms with Crippen molar-refractivity contribution < 1.29 is 4.74 Å². The minimum atomic E-state index is 0.628. The highest BCUT2D eigenvalue weighted by molar-refractivity contribution is 5.44. The zero-order valence-corrected chi connectivity index (χ0v) is 8.99. The van der Waals surface area contributed by atoms with Gasteiger partial charge in [-0.25, -0.2) is 4.98 Å². The number of unbranched alkanes of at least 4 members (excludes halogenated alkanes) is 2. The number of hydrogen-bond donors (Lipinski definition) is 1. The van der Waals surface area contributed by atoms with Crippen molar-refractivity contribution in [3.8, 4) is 18.2 Å². The summed E-state index contributed by atoms with van der Waals surface area (Å²) in [5.74, 6) is 3.26. The molecular formula is C12H16N2O. The van der Waals surface area contributed by atoms with Gasteiger partial charge >= 0.3 is 0 Å². The predicted octanol–water partition coefficient (Wildman–Crippen LogP) is 2.31. The lowest BCUT2D eigenvalue weighted by Gasteiger charge is -2.06. The van der Waals surface area contributed by atoms with Gasteiger partial charge in [-0.3, -0.25) is 0 Å². The van der Waals surface area contributed by atoms with E-state index in [4.69, 9.17) is 11.2 Å². The maximum atomic E-state index is 5.16. The van der Waals surface area contributed by atoms with Gasteiger partial charge in [-0.05, 0) is 18.9 Å². The fourth-order valence-corrected chi connectivity index (χ4v) is 1.22. The Balaban J connectivity index is 2.28. The molecule has 0 fully saturated rings. The summed E-state index contributed by atoms with van der Waals surface area (Å²) in [5, 5.41) is 3.29. The molecule has 0 aromatic carbocycles. The van der Waals surface area contributed by atoms with Gasteiger partial charge in [-0.15, -0.1) is 12.3 Å². The number of nitrogens with zero attached hydrogens (tertiary/aromatic N) is 1. The summed E-state index contributed by atoms with van der Waals surface area (Å²) in [6.45, 7) is 0.925. The third-order valence-corrected chi connectivity index (χ3v) is 2.02. The molecule has 0 amide bonds. The van der Waals surface area contributed by atoms with Crippen LogP contribution in [0.15, 0.2) is 18.3 Å². The quantitative estimate of drug-likeness (QED) is 0.570. The summed E-state index contributed by atoms with van der Waals surface area (Å²) in [4.78, 5) is 4.03. The van der Waals surface area contributed by atoms with Crippen LogP contribution in [0.3, 0.4) is 0 Å². The second-order valence-corrected chi connectivity index (χ2v) is 3.17. The lowest BCUT2D eigenvalue weighted by molar-refractivity contribution is 0.398. The number of terminal acetylenes is 1. The molecule has 80 valence electrons. The van der Waals surface area contributed by atoms with Crippen molar-refractivity contribution in [3.63, 3.8) is 0 Å². The van der Waals surface area contributed by atoms with Crippen molar-refractivity contribution in [3.05, 3.63) is 18.3 Å². The Labute approximate surface area is 90.9 Å². The van der Waals surface area contributed by atoms with Crippen LogP contribution in [0.2, 0.25) is 0 Å². The number of rotatable bonds is 6. The van der Waals surface area contributed by atoms with Gasteiger partial charge in [0.25, 0.3) is 0 Å². The number of methoxy groups -OCH3 is 1. The van der Waals surface area contributed by atoms with E-state index in [0.717, 1.165) is 31.5 Å². The zero-order chi connectivity index (χ0) is 10.9. The van der Waals surface area contributed by atoms with Crippen molar-refractivity contribution in [1.29, 1.82) is 0 Å². The first-order valence-corrected chi connectivity index (χ1v) is 5.04. The van der Waals surface area contributed by atoms with Crippen LogP contribution in [-0.4, -0.2) is 18.6 Å². The molecule has 0 unspecified atom stereocenters. The van der Waals surface area contributed by atoms with Crippen LogP contribution in [0, 0.1) is 12.3 Å². The Morgan fingerprint density at radius 2 is 2.40 bits per heavy atom. The molecule has 1 aromatic rings. The van der Waals surface area contributed by atoms with E-state index in [1.165, 1.54) is 0 Å². The van der Waals surface area contributed by atoms with E-state index in [9.17, 15) is 0 Å². The standard InChI is InChI=1S/C12H16N2O/c1-3-4-5-6-8-13-11-7-9-14-12(10-11)15-2/h1,7,9-10H,4-6,8H2,2H3,(H,13,14). The molecule has 0 atom stereocenters. The molecule has 0 aliphatic rings. The van der Waals surface area contributed by atoms with E-state index in [1.807, 2.05) is 12.1 Å². The predicted molar refractivity (Wildman–Crippen MR) is 62.0 cm³/mol. The molecule has 1 rings (SSSR count). The minimum absolute atomic E-state index is 0.628. The normalized spacial score (nSPS) is 9.33. The van der Waals surface area contributed by atoms with Gasteiger partial charge in [0.1, 0.15) is 0 Å². The molecule has 1 N–H and O–H groups in total. The van der Waals surface area contributed by atoms with Gasteiger partial charge in [0.2, 0.25) is 5.88 Å². The highest BCUT2D eigenvalue weighted by Crippen LogP contribution is 2.13. The average molecular weight is 204 g/mol. The van der Waals surface area contributed by atoms with Crippen molar-refractivity contribution in [2.75, 3.05) is 19.0 Å². The lowest BCUT2D eigenvalue weighted by Crippen LogP contribution is -2.01. The summed E-state index contributed by atoms with van der Waals surface area (Å²) in [6, 6.07) is 3.80. The Kier molecular flexibility index (Phi) is 5.10. The van der Waals surface area contributed by atoms with Crippen molar-refractivity contribution in [2.24, 2.45) is 0 Å². The summed E-state index contributed by atoms with van der Waals surface area (Å²) in [7, 11) is 1.61. The first-order chi connectivity index (χ1) is 7.36. The van der Waals surface area contributed by atoms with Crippen LogP contribution in [0.4, 0.5) is 5.69 Å². The molecule has 1 aromatic heterocycles. The maximum Gasteiger partial charge on any atom is 0.214 e. The van der Waals surface area contributed by atoms with E-state index in [1.54, 1.807) is 13.3 Å². The Hall–Kier alpha value is -1.69. The SMILES string of the molecule is C#CCCCCNc1ccnc(OC)c1. The number of nitrogens with one attached hydrogen (secondary N) is 1. The van der Waals surface area contributed by atoms with E-state index in [-0.39, 0.29) is 0 Å². The van der Waals surface area contributed by atoms with Gasteiger partial charge in [0, 0.05) is 30.9 Å². The summed E-state index contributed by atoms with van der Waals surface area (Å²) in [6.07, 6.45) is 9.88. The minimum Gasteiger partial charge on any atom is -0.481 e. The van der Waals surface area contributed by atoms with Crippen LogP contribution < -0.4 is 10.1 Å². The molecule has 3 heteroatoms. The highest BCUT2D eigenvalue weighted by atomic mass is 16.5. The molecule has 15 heavy (non-hydrogen) atoms. The number of pyridine rings is 1. The van der Waals surface area contributed by atoms with E-state index in [2.05, 4.69) is 16.2 Å². The van der Waals surface area contributed by atoms with Gasteiger partial charge in [-0.2, -0.15) is 0 Å². The molecule has 0 radical (unpaired) electrons. The number of ether oxygens (including phenoxy) is 1. The average Bonchev–Trinajstić information content (AvgIpc) is 2.29. The Morgan fingerprint density at radius 3 is 3.13 bits per heavy atom. The van der Waals surface area contributed by atoms with Gasteiger partial charge in [0.15, 0.2) is 0 Å². The molecule has 0 bridgehead atoms.